The number of benzene rings is 2. The van der Waals surface area contributed by atoms with E-state index >= 15 is 0 Å². The number of nitro benzene ring substituents is 1. The molecule has 138 valence electrons. The summed E-state index contributed by atoms with van der Waals surface area (Å²) in [5.41, 5.74) is 0.572. The summed E-state index contributed by atoms with van der Waals surface area (Å²) in [6.07, 6.45) is 4.83. The second-order valence-electron chi connectivity index (χ2n) is 5.91. The van der Waals surface area contributed by atoms with Gasteiger partial charge in [-0.25, -0.2) is 0 Å². The highest BCUT2D eigenvalue weighted by Crippen LogP contribution is 2.37. The van der Waals surface area contributed by atoms with Crippen molar-refractivity contribution in [3.05, 3.63) is 46.0 Å². The minimum absolute atomic E-state index is 0.00358. The van der Waals surface area contributed by atoms with Gasteiger partial charge in [-0.15, -0.1) is 10.2 Å². The minimum Gasteiger partial charge on any atom is -0.508 e. The molecule has 0 aliphatic heterocycles. The molecule has 0 amide bonds. The molecule has 3 N–H and O–H groups in total. The van der Waals surface area contributed by atoms with Gasteiger partial charge in [-0.2, -0.15) is 0 Å². The largest absolute Gasteiger partial charge is 0.508 e. The van der Waals surface area contributed by atoms with Crippen molar-refractivity contribution in [2.24, 2.45) is 10.2 Å². The van der Waals surface area contributed by atoms with Crippen LogP contribution in [0, 0.1) is 10.1 Å². The smallest absolute Gasteiger partial charge is 0.273 e. The molecule has 0 aromatic heterocycles. The van der Waals surface area contributed by atoms with E-state index in [2.05, 4.69) is 17.2 Å². The van der Waals surface area contributed by atoms with Crippen LogP contribution in [0.5, 0.6) is 17.2 Å². The second-order valence-corrected chi connectivity index (χ2v) is 5.91. The predicted octanol–water partition coefficient (Wildman–Crippen LogP) is 5.25. The Bertz CT molecular complexity index is 821. The van der Waals surface area contributed by atoms with Crippen LogP contribution in [-0.2, 0) is 6.42 Å². The molecule has 0 saturated carbocycles. The lowest BCUT2D eigenvalue weighted by Crippen LogP contribution is -1.87. The highest BCUT2D eigenvalue weighted by Gasteiger charge is 2.11. The van der Waals surface area contributed by atoms with Crippen molar-refractivity contribution in [2.45, 2.75) is 39.0 Å². The van der Waals surface area contributed by atoms with Crippen molar-refractivity contribution in [1.82, 2.24) is 0 Å². The van der Waals surface area contributed by atoms with Crippen LogP contribution >= 0.6 is 0 Å². The zero-order valence-corrected chi connectivity index (χ0v) is 14.4. The van der Waals surface area contributed by atoms with Gasteiger partial charge in [0.1, 0.15) is 28.6 Å². The highest BCUT2D eigenvalue weighted by molar-refractivity contribution is 5.59. The van der Waals surface area contributed by atoms with Crippen LogP contribution in [0.3, 0.4) is 0 Å². The first-order valence-electron chi connectivity index (χ1n) is 8.36. The number of phenolic OH excluding ortho intramolecular Hbond substituents is 3. The first-order valence-corrected chi connectivity index (χ1v) is 8.36. The van der Waals surface area contributed by atoms with Gasteiger partial charge < -0.3 is 15.3 Å². The molecule has 0 saturated heterocycles. The van der Waals surface area contributed by atoms with Crippen LogP contribution in [0.25, 0.3) is 0 Å². The van der Waals surface area contributed by atoms with E-state index in [-0.39, 0.29) is 34.3 Å². The molecular formula is C18H21N3O5. The predicted molar refractivity (Wildman–Crippen MR) is 96.6 cm³/mol. The monoisotopic (exact) mass is 359 g/mol. The molecule has 0 aliphatic rings. The quantitative estimate of drug-likeness (QED) is 0.256. The Morgan fingerprint density at radius 2 is 1.62 bits per heavy atom. The van der Waals surface area contributed by atoms with E-state index in [1.54, 1.807) is 6.07 Å². The van der Waals surface area contributed by atoms with Crippen molar-refractivity contribution in [3.63, 3.8) is 0 Å². The summed E-state index contributed by atoms with van der Waals surface area (Å²) in [6.45, 7) is 2.12. The van der Waals surface area contributed by atoms with E-state index in [1.807, 2.05) is 0 Å². The van der Waals surface area contributed by atoms with Crippen molar-refractivity contribution in [1.29, 1.82) is 0 Å². The maximum atomic E-state index is 10.7. The zero-order valence-electron chi connectivity index (χ0n) is 14.4. The Balaban J connectivity index is 2.20. The highest BCUT2D eigenvalue weighted by atomic mass is 16.6. The van der Waals surface area contributed by atoms with Gasteiger partial charge in [0.2, 0.25) is 0 Å². The molecule has 2 aromatic carbocycles. The fourth-order valence-electron chi connectivity index (χ4n) is 2.45. The number of non-ortho nitro benzene ring substituents is 1. The van der Waals surface area contributed by atoms with Crippen molar-refractivity contribution in [2.75, 3.05) is 0 Å². The van der Waals surface area contributed by atoms with Gasteiger partial charge in [0.05, 0.1) is 11.0 Å². The van der Waals surface area contributed by atoms with Crippen molar-refractivity contribution >= 4 is 17.1 Å². The molecule has 2 aromatic rings. The third-order valence-corrected chi connectivity index (χ3v) is 3.91. The van der Waals surface area contributed by atoms with Gasteiger partial charge in [0.25, 0.3) is 5.69 Å². The summed E-state index contributed by atoms with van der Waals surface area (Å²) in [7, 11) is 0. The number of aryl methyl sites for hydroxylation is 1. The van der Waals surface area contributed by atoms with E-state index in [9.17, 15) is 25.4 Å². The van der Waals surface area contributed by atoms with Crippen LogP contribution in [0.4, 0.5) is 17.1 Å². The van der Waals surface area contributed by atoms with E-state index in [1.165, 1.54) is 18.2 Å². The Hall–Kier alpha value is -3.16. The molecule has 0 fully saturated rings. The number of unbranched alkanes of at least 4 members (excludes halogenated alkanes) is 3. The molecule has 8 nitrogen and oxygen atoms in total. The van der Waals surface area contributed by atoms with Crippen LogP contribution in [0.2, 0.25) is 0 Å². The maximum absolute atomic E-state index is 10.7. The first-order chi connectivity index (χ1) is 12.4. The third-order valence-electron chi connectivity index (χ3n) is 3.91. The molecule has 0 unspecified atom stereocenters. The second kappa shape index (κ2) is 8.80. The average Bonchev–Trinajstić information content (AvgIpc) is 2.60. The van der Waals surface area contributed by atoms with Gasteiger partial charge in [0, 0.05) is 12.1 Å². The molecule has 26 heavy (non-hydrogen) atoms. The number of azo groups is 1. The van der Waals surface area contributed by atoms with Gasteiger partial charge in [-0.1, -0.05) is 26.2 Å². The van der Waals surface area contributed by atoms with E-state index in [0.717, 1.165) is 31.7 Å². The summed E-state index contributed by atoms with van der Waals surface area (Å²) in [5, 5.41) is 48.1. The van der Waals surface area contributed by atoms with Gasteiger partial charge >= 0.3 is 0 Å². The molecule has 8 heteroatoms. The van der Waals surface area contributed by atoms with E-state index < -0.39 is 4.92 Å². The summed E-state index contributed by atoms with van der Waals surface area (Å²) in [6, 6.07) is 6.19. The number of aromatic hydroxyl groups is 3. The summed E-state index contributed by atoms with van der Waals surface area (Å²) < 4.78 is 0. The van der Waals surface area contributed by atoms with Gasteiger partial charge in [-0.3, -0.25) is 10.1 Å². The number of hydrogen-bond acceptors (Lipinski definition) is 7. The lowest BCUT2D eigenvalue weighted by molar-refractivity contribution is -0.384. The van der Waals surface area contributed by atoms with Crippen LogP contribution < -0.4 is 0 Å². The van der Waals surface area contributed by atoms with Gasteiger partial charge in [0.15, 0.2) is 0 Å². The number of nitro groups is 1. The summed E-state index contributed by atoms with van der Waals surface area (Å²) >= 11 is 0. The van der Waals surface area contributed by atoms with Crippen molar-refractivity contribution in [3.8, 4) is 17.2 Å². The number of phenols is 3. The standard InChI is InChI=1S/C18H21N3O5/c1-2-3-4-5-6-12-9-15(18(24)11-16(12)22)20-19-14-8-7-13(21(25)26)10-17(14)23/h7-11,22-24H,2-6H2,1H3. The Morgan fingerprint density at radius 3 is 2.27 bits per heavy atom. The average molecular weight is 359 g/mol. The van der Waals surface area contributed by atoms with Crippen LogP contribution in [0.15, 0.2) is 40.6 Å². The Kier molecular flexibility index (Phi) is 6.48. The van der Waals surface area contributed by atoms with E-state index in [0.29, 0.717) is 12.0 Å². The minimum atomic E-state index is -0.628. The topological polar surface area (TPSA) is 129 Å². The lowest BCUT2D eigenvalue weighted by atomic mass is 10.0. The van der Waals surface area contributed by atoms with E-state index in [4.69, 9.17) is 0 Å². The lowest BCUT2D eigenvalue weighted by Gasteiger charge is -2.07. The number of rotatable bonds is 8. The number of hydrogen-bond donors (Lipinski definition) is 3. The first kappa shape index (κ1) is 19.2. The Labute approximate surface area is 150 Å². The fraction of sp³-hybridized carbons (Fsp3) is 0.333. The molecule has 2 rings (SSSR count). The third kappa shape index (κ3) is 4.92. The molecular weight excluding hydrogens is 338 g/mol. The normalized spacial score (nSPS) is 11.1. The Morgan fingerprint density at radius 1 is 0.923 bits per heavy atom. The number of nitrogens with zero attached hydrogens (tertiary/aromatic N) is 3. The van der Waals surface area contributed by atoms with Crippen LogP contribution in [-0.4, -0.2) is 20.2 Å². The fourth-order valence-corrected chi connectivity index (χ4v) is 2.45. The molecule has 0 aliphatic carbocycles. The SMILES string of the molecule is CCCCCCc1cc(N=Nc2ccc([N+](=O)[O-])cc2O)c(O)cc1O. The van der Waals surface area contributed by atoms with Crippen LogP contribution in [0.1, 0.15) is 38.2 Å². The molecule has 0 spiro atoms. The molecule has 0 atom stereocenters. The zero-order chi connectivity index (χ0) is 19.1. The molecule has 0 heterocycles. The van der Waals surface area contributed by atoms with Gasteiger partial charge in [-0.05, 0) is 30.5 Å². The molecule has 0 bridgehead atoms. The maximum Gasteiger partial charge on any atom is 0.273 e. The summed E-state index contributed by atoms with van der Waals surface area (Å²) in [5.74, 6) is -0.637. The molecule has 0 radical (unpaired) electrons. The van der Waals surface area contributed by atoms with Crippen molar-refractivity contribution < 1.29 is 20.2 Å². The summed E-state index contributed by atoms with van der Waals surface area (Å²) in [4.78, 5) is 10.0.